The Kier molecular flexibility index (Phi) is 7.46. The minimum Gasteiger partial charge on any atom is -0.497 e. The maximum atomic E-state index is 13.3. The summed E-state index contributed by atoms with van der Waals surface area (Å²) in [6, 6.07) is 18.8. The average Bonchev–Trinajstić information content (AvgIpc) is 3.25. The van der Waals surface area contributed by atoms with Gasteiger partial charge in [0.05, 0.1) is 21.6 Å². The Morgan fingerprint density at radius 2 is 1.65 bits per heavy atom. The van der Waals surface area contributed by atoms with Gasteiger partial charge in [-0.05, 0) is 34.7 Å². The summed E-state index contributed by atoms with van der Waals surface area (Å²) in [5.74, 6) is 0.512. The number of benzene rings is 2. The molecule has 162 valence electrons. The van der Waals surface area contributed by atoms with Crippen molar-refractivity contribution in [1.82, 2.24) is 5.32 Å². The number of carbonyl (C=O) groups is 2. The van der Waals surface area contributed by atoms with Crippen LogP contribution in [0.15, 0.2) is 66.0 Å². The fourth-order valence-corrected chi connectivity index (χ4v) is 5.23. The van der Waals surface area contributed by atoms with Crippen molar-refractivity contribution in [3.8, 4) is 5.75 Å². The third-order valence-corrected chi connectivity index (χ3v) is 8.13. The van der Waals surface area contributed by atoms with Crippen molar-refractivity contribution in [2.45, 2.75) is 38.5 Å². The van der Waals surface area contributed by atoms with Gasteiger partial charge in [-0.2, -0.15) is 0 Å². The summed E-state index contributed by atoms with van der Waals surface area (Å²) < 4.78 is 5.23. The highest BCUT2D eigenvalue weighted by molar-refractivity contribution is 7.10. The van der Waals surface area contributed by atoms with Gasteiger partial charge in [0.2, 0.25) is 5.91 Å². The number of rotatable bonds is 9. The molecule has 0 radical (unpaired) electrons. The van der Waals surface area contributed by atoms with Crippen LogP contribution < -0.4 is 15.2 Å². The van der Waals surface area contributed by atoms with Gasteiger partial charge in [0, 0.05) is 11.3 Å². The summed E-state index contributed by atoms with van der Waals surface area (Å²) in [4.78, 5) is 26.9. The number of hydrogen-bond acceptors (Lipinski definition) is 4. The molecule has 0 saturated carbocycles. The van der Waals surface area contributed by atoms with Gasteiger partial charge in [-0.3, -0.25) is 9.59 Å². The van der Waals surface area contributed by atoms with Crippen LogP contribution in [0.2, 0.25) is 19.6 Å². The van der Waals surface area contributed by atoms with Crippen molar-refractivity contribution < 1.29 is 14.3 Å². The first-order valence-corrected chi connectivity index (χ1v) is 14.7. The van der Waals surface area contributed by atoms with Gasteiger partial charge in [0.15, 0.2) is 5.78 Å². The normalized spacial score (nSPS) is 12.3. The van der Waals surface area contributed by atoms with Crippen molar-refractivity contribution in [3.05, 3.63) is 82.0 Å². The molecular formula is C25H29NO3SSi. The van der Waals surface area contributed by atoms with Gasteiger partial charge in [0.25, 0.3) is 0 Å². The van der Waals surface area contributed by atoms with Gasteiger partial charge in [-0.1, -0.05) is 67.3 Å². The van der Waals surface area contributed by atoms with Crippen LogP contribution in [0.4, 0.5) is 0 Å². The predicted molar refractivity (Wildman–Crippen MR) is 130 cm³/mol. The highest BCUT2D eigenvalue weighted by atomic mass is 32.1. The zero-order valence-electron chi connectivity index (χ0n) is 18.5. The Bertz CT molecular complexity index is 1010. The maximum Gasteiger partial charge on any atom is 0.226 e. The van der Waals surface area contributed by atoms with E-state index in [-0.39, 0.29) is 24.5 Å². The Morgan fingerprint density at radius 1 is 0.968 bits per heavy atom. The molecule has 1 aromatic heterocycles. The molecule has 6 heteroatoms. The van der Waals surface area contributed by atoms with E-state index in [2.05, 4.69) is 37.1 Å². The summed E-state index contributed by atoms with van der Waals surface area (Å²) >= 11 is 1.53. The first-order chi connectivity index (χ1) is 14.8. The summed E-state index contributed by atoms with van der Waals surface area (Å²) in [7, 11) is 0.216. The highest BCUT2D eigenvalue weighted by Gasteiger charge is 2.24. The first kappa shape index (κ1) is 23.0. The van der Waals surface area contributed by atoms with Crippen molar-refractivity contribution in [2.24, 2.45) is 0 Å². The lowest BCUT2D eigenvalue weighted by atomic mass is 9.97. The van der Waals surface area contributed by atoms with Crippen LogP contribution in [-0.2, 0) is 22.4 Å². The van der Waals surface area contributed by atoms with Crippen LogP contribution in [0.3, 0.4) is 0 Å². The second-order valence-corrected chi connectivity index (χ2v) is 14.7. The van der Waals surface area contributed by atoms with Crippen molar-refractivity contribution in [3.63, 3.8) is 0 Å². The summed E-state index contributed by atoms with van der Waals surface area (Å²) in [6.07, 6.45) is 0.532. The van der Waals surface area contributed by atoms with Crippen LogP contribution >= 0.6 is 11.3 Å². The molecule has 0 aliphatic heterocycles. The van der Waals surface area contributed by atoms with E-state index in [9.17, 15) is 9.59 Å². The number of Topliss-reactive ketones (excluding diaryl/α,β-unsaturated/α-hetero) is 1. The van der Waals surface area contributed by atoms with E-state index in [4.69, 9.17) is 4.74 Å². The van der Waals surface area contributed by atoms with Crippen molar-refractivity contribution in [2.75, 3.05) is 7.11 Å². The minimum absolute atomic E-state index is 0.0366. The number of nitrogens with one attached hydrogen (secondary N) is 1. The van der Waals surface area contributed by atoms with E-state index in [0.717, 1.165) is 16.0 Å². The molecule has 3 aromatic rings. The standard InChI is InChI=1S/C25H29NO3SSi/c1-29-20-11-9-19(10-12-20)25(26-24(28)17-21-6-5-15-30-21)23(27)16-18-7-13-22(14-8-18)31(2,3)4/h5-15,25H,16-17H2,1-4H3,(H,26,28). The Labute approximate surface area is 189 Å². The highest BCUT2D eigenvalue weighted by Crippen LogP contribution is 2.21. The second-order valence-electron chi connectivity index (χ2n) is 8.62. The first-order valence-electron chi connectivity index (χ1n) is 10.3. The van der Waals surface area contributed by atoms with E-state index in [0.29, 0.717) is 5.75 Å². The van der Waals surface area contributed by atoms with Crippen LogP contribution in [0.25, 0.3) is 0 Å². The number of carbonyl (C=O) groups excluding carboxylic acids is 2. The molecule has 1 unspecified atom stereocenters. The molecule has 2 aromatic carbocycles. The summed E-state index contributed by atoms with van der Waals surface area (Å²) in [6.45, 7) is 6.90. The number of ketones is 1. The topological polar surface area (TPSA) is 55.4 Å². The third-order valence-electron chi connectivity index (χ3n) is 5.19. The molecule has 3 rings (SSSR count). The number of thiophene rings is 1. The molecule has 4 nitrogen and oxygen atoms in total. The van der Waals surface area contributed by atoms with E-state index >= 15 is 0 Å². The SMILES string of the molecule is COc1ccc(C(NC(=O)Cc2cccs2)C(=O)Cc2ccc([Si](C)(C)C)cc2)cc1. The Hall–Kier alpha value is -2.70. The van der Waals surface area contributed by atoms with Crippen LogP contribution in [0.5, 0.6) is 5.75 Å². The Balaban J connectivity index is 1.78. The molecule has 0 bridgehead atoms. The van der Waals surface area contributed by atoms with Crippen LogP contribution in [-0.4, -0.2) is 26.9 Å². The molecule has 0 saturated heterocycles. The van der Waals surface area contributed by atoms with Gasteiger partial charge in [0.1, 0.15) is 11.8 Å². The number of methoxy groups -OCH3 is 1. The second kappa shape index (κ2) is 10.1. The largest absolute Gasteiger partial charge is 0.497 e. The van der Waals surface area contributed by atoms with Gasteiger partial charge < -0.3 is 10.1 Å². The summed E-state index contributed by atoms with van der Waals surface area (Å²) in [5, 5.41) is 6.25. The third kappa shape index (κ3) is 6.39. The summed E-state index contributed by atoms with van der Waals surface area (Å²) in [5.41, 5.74) is 1.71. The Morgan fingerprint density at radius 3 is 2.19 bits per heavy atom. The predicted octanol–water partition coefficient (Wildman–Crippen LogP) is 4.51. The lowest BCUT2D eigenvalue weighted by molar-refractivity contribution is -0.127. The molecule has 0 aliphatic carbocycles. The van der Waals surface area contributed by atoms with Gasteiger partial charge >= 0.3 is 0 Å². The maximum absolute atomic E-state index is 13.3. The molecule has 1 atom stereocenters. The van der Waals surface area contributed by atoms with Crippen LogP contribution in [0, 0.1) is 0 Å². The molecule has 1 heterocycles. The zero-order chi connectivity index (χ0) is 22.4. The van der Waals surface area contributed by atoms with E-state index < -0.39 is 14.1 Å². The molecule has 1 amide bonds. The van der Waals surface area contributed by atoms with Gasteiger partial charge in [-0.15, -0.1) is 11.3 Å². The molecular weight excluding hydrogens is 422 g/mol. The molecule has 31 heavy (non-hydrogen) atoms. The van der Waals surface area contributed by atoms with E-state index in [1.165, 1.54) is 16.5 Å². The molecule has 1 N–H and O–H groups in total. The van der Waals surface area contributed by atoms with Crippen molar-refractivity contribution >= 4 is 36.3 Å². The van der Waals surface area contributed by atoms with Gasteiger partial charge in [-0.25, -0.2) is 0 Å². The lowest BCUT2D eigenvalue weighted by Crippen LogP contribution is -2.37. The molecule has 0 aliphatic rings. The van der Waals surface area contributed by atoms with Crippen molar-refractivity contribution in [1.29, 1.82) is 0 Å². The number of ether oxygens (including phenoxy) is 1. The smallest absolute Gasteiger partial charge is 0.226 e. The molecule has 0 fully saturated rings. The fourth-order valence-electron chi connectivity index (χ4n) is 3.36. The zero-order valence-corrected chi connectivity index (χ0v) is 20.3. The van der Waals surface area contributed by atoms with E-state index in [1.807, 2.05) is 53.9 Å². The van der Waals surface area contributed by atoms with E-state index in [1.54, 1.807) is 7.11 Å². The quantitative estimate of drug-likeness (QED) is 0.487. The number of hydrogen-bond donors (Lipinski definition) is 1. The fraction of sp³-hybridized carbons (Fsp3) is 0.280. The molecule has 0 spiro atoms. The average molecular weight is 452 g/mol. The monoisotopic (exact) mass is 451 g/mol. The number of amides is 1. The van der Waals surface area contributed by atoms with Crippen LogP contribution in [0.1, 0.15) is 22.0 Å². The minimum atomic E-state index is -1.39. The lowest BCUT2D eigenvalue weighted by Gasteiger charge is -2.20.